The van der Waals surface area contributed by atoms with Crippen LogP contribution in [0.3, 0.4) is 0 Å². The Bertz CT molecular complexity index is 637. The molecule has 0 fully saturated rings. The standard InChI is InChI=1S/C13H6BrF2NO/c14-12-8(7-17)5-6-11(13(12)16)18-10-4-2-1-3-9(10)15/h1-6H. The highest BCUT2D eigenvalue weighted by molar-refractivity contribution is 9.10. The van der Waals surface area contributed by atoms with Crippen molar-refractivity contribution in [1.82, 2.24) is 0 Å². The summed E-state index contributed by atoms with van der Waals surface area (Å²) in [6, 6.07) is 10.2. The van der Waals surface area contributed by atoms with Crippen LogP contribution in [-0.2, 0) is 0 Å². The lowest BCUT2D eigenvalue weighted by Gasteiger charge is -2.08. The molecule has 0 spiro atoms. The molecular weight excluding hydrogens is 304 g/mol. The van der Waals surface area contributed by atoms with Gasteiger partial charge >= 0.3 is 0 Å². The molecule has 0 radical (unpaired) electrons. The molecule has 0 aliphatic carbocycles. The normalized spacial score (nSPS) is 9.89. The van der Waals surface area contributed by atoms with Crippen molar-refractivity contribution in [3.8, 4) is 17.6 Å². The van der Waals surface area contributed by atoms with E-state index in [1.165, 1.54) is 30.3 Å². The van der Waals surface area contributed by atoms with Crippen molar-refractivity contribution >= 4 is 15.9 Å². The number of para-hydroxylation sites is 1. The van der Waals surface area contributed by atoms with Crippen LogP contribution >= 0.6 is 15.9 Å². The van der Waals surface area contributed by atoms with Gasteiger partial charge in [0.2, 0.25) is 0 Å². The number of rotatable bonds is 2. The van der Waals surface area contributed by atoms with Gasteiger partial charge in [-0.25, -0.2) is 8.78 Å². The van der Waals surface area contributed by atoms with Gasteiger partial charge in [-0.2, -0.15) is 5.26 Å². The van der Waals surface area contributed by atoms with Crippen molar-refractivity contribution in [2.24, 2.45) is 0 Å². The predicted molar refractivity (Wildman–Crippen MR) is 65.3 cm³/mol. The smallest absolute Gasteiger partial charge is 0.181 e. The van der Waals surface area contributed by atoms with Gasteiger partial charge in [0.05, 0.1) is 10.0 Å². The minimum atomic E-state index is -0.739. The summed E-state index contributed by atoms with van der Waals surface area (Å²) in [5.41, 5.74) is 0.147. The van der Waals surface area contributed by atoms with E-state index in [9.17, 15) is 8.78 Å². The largest absolute Gasteiger partial charge is 0.451 e. The summed E-state index contributed by atoms with van der Waals surface area (Å²) < 4.78 is 32.3. The van der Waals surface area contributed by atoms with Crippen LogP contribution in [0.5, 0.6) is 11.5 Å². The number of benzene rings is 2. The van der Waals surface area contributed by atoms with Crippen LogP contribution in [0.1, 0.15) is 5.56 Å². The number of nitrogens with zero attached hydrogens (tertiary/aromatic N) is 1. The number of nitriles is 1. The fourth-order valence-electron chi connectivity index (χ4n) is 1.34. The van der Waals surface area contributed by atoms with Gasteiger partial charge < -0.3 is 4.74 Å². The summed E-state index contributed by atoms with van der Waals surface area (Å²) in [6.07, 6.45) is 0. The fraction of sp³-hybridized carbons (Fsp3) is 0. The molecule has 0 saturated carbocycles. The van der Waals surface area contributed by atoms with Crippen LogP contribution in [0.4, 0.5) is 8.78 Å². The van der Waals surface area contributed by atoms with Crippen LogP contribution in [0, 0.1) is 23.0 Å². The predicted octanol–water partition coefficient (Wildman–Crippen LogP) is 4.39. The molecule has 2 rings (SSSR count). The highest BCUT2D eigenvalue weighted by Crippen LogP contribution is 2.32. The molecule has 0 atom stereocenters. The minimum Gasteiger partial charge on any atom is -0.451 e. The lowest BCUT2D eigenvalue weighted by molar-refractivity contribution is 0.413. The fourth-order valence-corrected chi connectivity index (χ4v) is 1.76. The van der Waals surface area contributed by atoms with Crippen molar-refractivity contribution in [1.29, 1.82) is 5.26 Å². The number of hydrogen-bond donors (Lipinski definition) is 0. The Hall–Kier alpha value is -1.93. The Morgan fingerprint density at radius 3 is 2.44 bits per heavy atom. The maximum Gasteiger partial charge on any atom is 0.181 e. The maximum absolute atomic E-state index is 13.8. The van der Waals surface area contributed by atoms with Crippen molar-refractivity contribution in [2.75, 3.05) is 0 Å². The molecule has 2 nitrogen and oxygen atoms in total. The molecule has 0 amide bonds. The van der Waals surface area contributed by atoms with Gasteiger partial charge in [0, 0.05) is 0 Å². The van der Waals surface area contributed by atoms with Gasteiger partial charge in [0.15, 0.2) is 23.1 Å². The Morgan fingerprint density at radius 1 is 1.06 bits per heavy atom. The van der Waals surface area contributed by atoms with E-state index < -0.39 is 11.6 Å². The minimum absolute atomic E-state index is 0.00107. The van der Waals surface area contributed by atoms with Crippen molar-refractivity contribution in [2.45, 2.75) is 0 Å². The van der Waals surface area contributed by atoms with E-state index in [4.69, 9.17) is 10.00 Å². The first kappa shape index (κ1) is 12.5. The molecule has 2 aromatic carbocycles. The van der Waals surface area contributed by atoms with E-state index in [1.54, 1.807) is 6.07 Å². The molecule has 0 aliphatic heterocycles. The molecule has 0 aliphatic rings. The van der Waals surface area contributed by atoms with E-state index in [0.717, 1.165) is 0 Å². The highest BCUT2D eigenvalue weighted by Gasteiger charge is 2.14. The van der Waals surface area contributed by atoms with Crippen LogP contribution in [-0.4, -0.2) is 0 Å². The third kappa shape index (κ3) is 2.34. The average molecular weight is 310 g/mol. The summed E-state index contributed by atoms with van der Waals surface area (Å²) in [6.45, 7) is 0. The van der Waals surface area contributed by atoms with Crippen molar-refractivity contribution in [3.63, 3.8) is 0 Å². The van der Waals surface area contributed by atoms with E-state index in [-0.39, 0.29) is 21.5 Å². The number of ether oxygens (including phenoxy) is 1. The first-order chi connectivity index (χ1) is 8.63. The second kappa shape index (κ2) is 5.15. The molecule has 0 aromatic heterocycles. The van der Waals surface area contributed by atoms with Gasteiger partial charge in [0.1, 0.15) is 6.07 Å². The summed E-state index contributed by atoms with van der Waals surface area (Å²) in [4.78, 5) is 0. The van der Waals surface area contributed by atoms with Gasteiger partial charge in [-0.1, -0.05) is 12.1 Å². The molecule has 5 heteroatoms. The van der Waals surface area contributed by atoms with Crippen molar-refractivity contribution in [3.05, 3.63) is 58.1 Å². The van der Waals surface area contributed by atoms with Crippen LogP contribution in [0.2, 0.25) is 0 Å². The monoisotopic (exact) mass is 309 g/mol. The van der Waals surface area contributed by atoms with E-state index in [0.29, 0.717) is 0 Å². The zero-order chi connectivity index (χ0) is 13.1. The Balaban J connectivity index is 2.40. The Morgan fingerprint density at radius 2 is 1.78 bits per heavy atom. The first-order valence-electron chi connectivity index (χ1n) is 4.94. The summed E-state index contributed by atoms with van der Waals surface area (Å²) in [5.74, 6) is -1.55. The van der Waals surface area contributed by atoms with Gasteiger partial charge in [-0.3, -0.25) is 0 Å². The second-order valence-electron chi connectivity index (χ2n) is 3.38. The SMILES string of the molecule is N#Cc1ccc(Oc2ccccc2F)c(F)c1Br. The summed E-state index contributed by atoms with van der Waals surface area (Å²) >= 11 is 2.95. The van der Waals surface area contributed by atoms with Crippen LogP contribution in [0.25, 0.3) is 0 Å². The van der Waals surface area contributed by atoms with Crippen LogP contribution in [0.15, 0.2) is 40.9 Å². The van der Waals surface area contributed by atoms with Gasteiger partial charge in [0.25, 0.3) is 0 Å². The molecule has 0 unspecified atom stereocenters. The number of hydrogen-bond acceptors (Lipinski definition) is 2. The lowest BCUT2D eigenvalue weighted by atomic mass is 10.2. The maximum atomic E-state index is 13.8. The highest BCUT2D eigenvalue weighted by atomic mass is 79.9. The Kier molecular flexibility index (Phi) is 3.58. The van der Waals surface area contributed by atoms with E-state index >= 15 is 0 Å². The third-order valence-electron chi connectivity index (χ3n) is 2.22. The molecule has 18 heavy (non-hydrogen) atoms. The third-order valence-corrected chi connectivity index (χ3v) is 3.00. The quantitative estimate of drug-likeness (QED) is 0.824. The molecule has 90 valence electrons. The molecule has 0 N–H and O–H groups in total. The van der Waals surface area contributed by atoms with Gasteiger partial charge in [-0.05, 0) is 40.2 Å². The van der Waals surface area contributed by atoms with E-state index in [2.05, 4.69) is 15.9 Å². The van der Waals surface area contributed by atoms with Crippen molar-refractivity contribution < 1.29 is 13.5 Å². The summed E-state index contributed by atoms with van der Waals surface area (Å²) in [5, 5.41) is 8.72. The molecule has 2 aromatic rings. The zero-order valence-corrected chi connectivity index (χ0v) is 10.5. The van der Waals surface area contributed by atoms with Crippen LogP contribution < -0.4 is 4.74 Å². The average Bonchev–Trinajstić information content (AvgIpc) is 2.38. The topological polar surface area (TPSA) is 33.0 Å². The second-order valence-corrected chi connectivity index (χ2v) is 4.18. The Labute approximate surface area is 111 Å². The molecular formula is C13H6BrF2NO. The number of halogens is 3. The van der Waals surface area contributed by atoms with Gasteiger partial charge in [-0.15, -0.1) is 0 Å². The first-order valence-corrected chi connectivity index (χ1v) is 5.73. The summed E-state index contributed by atoms with van der Waals surface area (Å²) in [7, 11) is 0. The molecule has 0 heterocycles. The zero-order valence-electron chi connectivity index (χ0n) is 8.95. The molecule has 0 saturated heterocycles. The van der Waals surface area contributed by atoms with E-state index in [1.807, 2.05) is 6.07 Å². The molecule has 0 bridgehead atoms. The lowest BCUT2D eigenvalue weighted by Crippen LogP contribution is -1.93.